The Morgan fingerprint density at radius 2 is 1.86 bits per heavy atom. The van der Waals surface area contributed by atoms with Gasteiger partial charge in [0.15, 0.2) is 11.6 Å². The first-order valence-corrected chi connectivity index (χ1v) is 6.83. The van der Waals surface area contributed by atoms with E-state index in [-0.39, 0.29) is 12.1 Å². The summed E-state index contributed by atoms with van der Waals surface area (Å²) in [7, 11) is 1.84. The van der Waals surface area contributed by atoms with E-state index in [0.29, 0.717) is 6.54 Å². The number of nitrogens with zero attached hydrogens (tertiary/aromatic N) is 1. The van der Waals surface area contributed by atoms with Crippen molar-refractivity contribution in [3.05, 3.63) is 70.8 Å². The molecule has 1 atom stereocenters. The maximum Gasteiger partial charge on any atom is 0.164 e. The van der Waals surface area contributed by atoms with Crippen LogP contribution in [0.25, 0.3) is 0 Å². The highest BCUT2D eigenvalue weighted by Gasteiger charge is 2.17. The summed E-state index contributed by atoms with van der Waals surface area (Å²) in [4.78, 5) is 1.88. The molecule has 0 radical (unpaired) electrons. The molecule has 0 bridgehead atoms. The number of halogens is 2. The van der Waals surface area contributed by atoms with E-state index in [0.717, 1.165) is 17.2 Å². The first kappa shape index (κ1) is 15.6. The van der Waals surface area contributed by atoms with Gasteiger partial charge in [0.05, 0.1) is 6.10 Å². The summed E-state index contributed by atoms with van der Waals surface area (Å²) in [6.45, 7) is 2.88. The Hall–Kier alpha value is -1.78. The summed E-state index contributed by atoms with van der Waals surface area (Å²) in [6, 6.07) is 11.9. The van der Waals surface area contributed by atoms with Gasteiger partial charge in [-0.1, -0.05) is 42.0 Å². The lowest BCUT2D eigenvalue weighted by Gasteiger charge is -2.21. The second kappa shape index (κ2) is 6.78. The van der Waals surface area contributed by atoms with Crippen molar-refractivity contribution in [2.75, 3.05) is 13.6 Å². The fourth-order valence-corrected chi connectivity index (χ4v) is 2.36. The van der Waals surface area contributed by atoms with Crippen molar-refractivity contribution in [3.8, 4) is 0 Å². The lowest BCUT2D eigenvalue weighted by molar-refractivity contribution is 0.119. The van der Waals surface area contributed by atoms with Crippen LogP contribution in [-0.2, 0) is 6.54 Å². The average molecular weight is 291 g/mol. The van der Waals surface area contributed by atoms with E-state index in [1.807, 2.05) is 37.1 Å². The number of benzene rings is 2. The van der Waals surface area contributed by atoms with E-state index in [4.69, 9.17) is 0 Å². The molecule has 2 nitrogen and oxygen atoms in total. The highest BCUT2D eigenvalue weighted by atomic mass is 19.2. The van der Waals surface area contributed by atoms with Crippen molar-refractivity contribution in [2.45, 2.75) is 19.6 Å². The van der Waals surface area contributed by atoms with Crippen molar-refractivity contribution in [2.24, 2.45) is 0 Å². The molecule has 1 N–H and O–H groups in total. The van der Waals surface area contributed by atoms with Gasteiger partial charge in [0.2, 0.25) is 0 Å². The number of rotatable bonds is 5. The van der Waals surface area contributed by atoms with Crippen LogP contribution >= 0.6 is 0 Å². The van der Waals surface area contributed by atoms with E-state index in [1.54, 1.807) is 0 Å². The molecule has 0 aromatic heterocycles. The van der Waals surface area contributed by atoms with E-state index in [2.05, 4.69) is 6.07 Å². The van der Waals surface area contributed by atoms with Crippen LogP contribution < -0.4 is 0 Å². The molecule has 0 saturated heterocycles. The maximum absolute atomic E-state index is 13.6. The Morgan fingerprint density at radius 3 is 2.57 bits per heavy atom. The van der Waals surface area contributed by atoms with Gasteiger partial charge in [-0.3, -0.25) is 4.90 Å². The first-order chi connectivity index (χ1) is 9.97. The number of likely N-dealkylation sites (N-methyl/N-ethyl adjacent to an activating group) is 1. The molecule has 0 aliphatic rings. The number of aryl methyl sites for hydroxylation is 1. The summed E-state index contributed by atoms with van der Waals surface area (Å²) in [5.41, 5.74) is 2.27. The Kier molecular flexibility index (Phi) is 5.04. The summed E-state index contributed by atoms with van der Waals surface area (Å²) >= 11 is 0. The molecule has 2 aromatic carbocycles. The summed E-state index contributed by atoms with van der Waals surface area (Å²) < 4.78 is 26.8. The molecule has 0 fully saturated rings. The second-order valence-electron chi connectivity index (χ2n) is 5.34. The van der Waals surface area contributed by atoms with Gasteiger partial charge in [0.1, 0.15) is 0 Å². The maximum atomic E-state index is 13.6. The van der Waals surface area contributed by atoms with Crippen molar-refractivity contribution in [3.63, 3.8) is 0 Å². The largest absolute Gasteiger partial charge is 0.387 e. The van der Waals surface area contributed by atoms with Crippen LogP contribution in [0.3, 0.4) is 0 Å². The quantitative estimate of drug-likeness (QED) is 0.912. The normalized spacial score (nSPS) is 12.7. The van der Waals surface area contributed by atoms with Crippen LogP contribution in [-0.4, -0.2) is 23.6 Å². The number of aliphatic hydroxyl groups is 1. The third-order valence-corrected chi connectivity index (χ3v) is 3.36. The number of aliphatic hydroxyl groups excluding tert-OH is 1. The molecule has 0 aliphatic carbocycles. The Balaban J connectivity index is 2.02. The van der Waals surface area contributed by atoms with Crippen molar-refractivity contribution in [1.82, 2.24) is 4.90 Å². The Morgan fingerprint density at radius 1 is 1.14 bits per heavy atom. The van der Waals surface area contributed by atoms with Crippen LogP contribution in [0.2, 0.25) is 0 Å². The number of hydrogen-bond donors (Lipinski definition) is 1. The second-order valence-corrected chi connectivity index (χ2v) is 5.34. The smallest absolute Gasteiger partial charge is 0.164 e. The summed E-state index contributed by atoms with van der Waals surface area (Å²) in [6.07, 6.45) is -1.06. The fraction of sp³-hybridized carbons (Fsp3) is 0.294. The highest BCUT2D eigenvalue weighted by Crippen LogP contribution is 2.20. The lowest BCUT2D eigenvalue weighted by atomic mass is 10.1. The van der Waals surface area contributed by atoms with E-state index in [9.17, 15) is 13.9 Å². The molecule has 1 unspecified atom stereocenters. The minimum Gasteiger partial charge on any atom is -0.387 e. The minimum absolute atomic E-state index is 0.00825. The topological polar surface area (TPSA) is 23.5 Å². The summed E-state index contributed by atoms with van der Waals surface area (Å²) in [5.74, 6) is -1.91. The molecular weight excluding hydrogens is 272 g/mol. The minimum atomic E-state index is -1.06. The Labute approximate surface area is 123 Å². The van der Waals surface area contributed by atoms with Crippen molar-refractivity contribution < 1.29 is 13.9 Å². The summed E-state index contributed by atoms with van der Waals surface area (Å²) in [5, 5.41) is 10.1. The van der Waals surface area contributed by atoms with Crippen molar-refractivity contribution in [1.29, 1.82) is 0 Å². The lowest BCUT2D eigenvalue weighted by Crippen LogP contribution is -2.25. The number of hydrogen-bond acceptors (Lipinski definition) is 2. The zero-order chi connectivity index (χ0) is 15.4. The van der Waals surface area contributed by atoms with Gasteiger partial charge >= 0.3 is 0 Å². The fourth-order valence-electron chi connectivity index (χ4n) is 2.36. The van der Waals surface area contributed by atoms with Crippen LogP contribution in [0.15, 0.2) is 42.5 Å². The van der Waals surface area contributed by atoms with Crippen molar-refractivity contribution >= 4 is 0 Å². The third-order valence-electron chi connectivity index (χ3n) is 3.36. The molecule has 4 heteroatoms. The van der Waals surface area contributed by atoms with E-state index >= 15 is 0 Å². The molecule has 0 heterocycles. The molecule has 2 aromatic rings. The van der Waals surface area contributed by atoms with Gasteiger partial charge in [0.25, 0.3) is 0 Å². The molecule has 0 saturated carbocycles. The van der Waals surface area contributed by atoms with Gasteiger partial charge in [0, 0.05) is 18.7 Å². The molecule has 0 aliphatic heterocycles. The first-order valence-electron chi connectivity index (χ1n) is 6.83. The zero-order valence-corrected chi connectivity index (χ0v) is 12.2. The molecule has 21 heavy (non-hydrogen) atoms. The average Bonchev–Trinajstić information content (AvgIpc) is 2.41. The molecular formula is C17H19F2NO. The Bertz CT molecular complexity index is 615. The van der Waals surface area contributed by atoms with E-state index < -0.39 is 17.7 Å². The molecule has 112 valence electrons. The predicted octanol–water partition coefficient (Wildman–Crippen LogP) is 3.44. The van der Waals surface area contributed by atoms with Gasteiger partial charge in [-0.25, -0.2) is 8.78 Å². The highest BCUT2D eigenvalue weighted by molar-refractivity contribution is 5.23. The van der Waals surface area contributed by atoms with Gasteiger partial charge in [-0.05, 0) is 25.6 Å². The van der Waals surface area contributed by atoms with E-state index in [1.165, 1.54) is 12.1 Å². The van der Waals surface area contributed by atoms with Gasteiger partial charge in [-0.15, -0.1) is 0 Å². The molecule has 0 spiro atoms. The van der Waals surface area contributed by atoms with Crippen LogP contribution in [0.1, 0.15) is 22.8 Å². The zero-order valence-electron chi connectivity index (χ0n) is 12.2. The van der Waals surface area contributed by atoms with Gasteiger partial charge in [-0.2, -0.15) is 0 Å². The van der Waals surface area contributed by atoms with Crippen LogP contribution in [0.5, 0.6) is 0 Å². The van der Waals surface area contributed by atoms with Crippen LogP contribution in [0.4, 0.5) is 8.78 Å². The monoisotopic (exact) mass is 291 g/mol. The predicted molar refractivity (Wildman–Crippen MR) is 78.8 cm³/mol. The molecule has 0 amide bonds. The van der Waals surface area contributed by atoms with Crippen LogP contribution in [0, 0.1) is 18.6 Å². The van der Waals surface area contributed by atoms with Gasteiger partial charge < -0.3 is 5.11 Å². The standard InChI is InChI=1S/C17H19F2NO/c1-12-5-3-6-13(9-12)10-20(2)11-16(21)14-7-4-8-15(18)17(14)19/h3-9,16,21H,10-11H2,1-2H3. The third kappa shape index (κ3) is 4.09. The molecule has 2 rings (SSSR count). The SMILES string of the molecule is Cc1cccc(CN(C)CC(O)c2cccc(F)c2F)c1.